The van der Waals surface area contributed by atoms with Crippen molar-refractivity contribution in [1.29, 1.82) is 0 Å². The van der Waals surface area contributed by atoms with Gasteiger partial charge in [-0.15, -0.1) is 0 Å². The Morgan fingerprint density at radius 3 is 2.67 bits per heavy atom. The Morgan fingerprint density at radius 2 is 2.11 bits per heavy atom. The Morgan fingerprint density at radius 1 is 1.39 bits per heavy atom. The van der Waals surface area contributed by atoms with Crippen LogP contribution in [0.4, 0.5) is 5.82 Å². The van der Waals surface area contributed by atoms with E-state index in [2.05, 4.69) is 15.6 Å². The summed E-state index contributed by atoms with van der Waals surface area (Å²) in [6.07, 6.45) is 0.356. The number of rotatable bonds is 6. The first-order chi connectivity index (χ1) is 8.54. The second-order valence-corrected chi connectivity index (χ2v) is 3.76. The van der Waals surface area contributed by atoms with Crippen LogP contribution in [-0.2, 0) is 4.79 Å². The maximum atomic E-state index is 11.2. The molecular weight excluding hydrogens is 234 g/mol. The van der Waals surface area contributed by atoms with Crippen molar-refractivity contribution in [2.45, 2.75) is 20.3 Å². The second kappa shape index (κ2) is 6.58. The largest absolute Gasteiger partial charge is 0.478 e. The molecule has 0 atom stereocenters. The molecule has 18 heavy (non-hydrogen) atoms. The molecule has 0 aliphatic rings. The number of carboxylic acid groups (broad SMARTS) is 1. The molecule has 0 bridgehead atoms. The van der Waals surface area contributed by atoms with Crippen molar-refractivity contribution in [3.8, 4) is 0 Å². The molecule has 0 saturated carbocycles. The summed E-state index contributed by atoms with van der Waals surface area (Å²) in [5.74, 6) is -0.445. The molecule has 0 saturated heterocycles. The summed E-state index contributed by atoms with van der Waals surface area (Å²) in [6.45, 7) is 4.58. The molecule has 0 unspecified atom stereocenters. The van der Waals surface area contributed by atoms with Gasteiger partial charge in [-0.1, -0.05) is 0 Å². The van der Waals surface area contributed by atoms with E-state index >= 15 is 0 Å². The lowest BCUT2D eigenvalue weighted by atomic mass is 10.2. The average molecular weight is 251 g/mol. The van der Waals surface area contributed by atoms with Gasteiger partial charge in [0.1, 0.15) is 5.82 Å². The van der Waals surface area contributed by atoms with Gasteiger partial charge in [0.2, 0.25) is 5.91 Å². The predicted octanol–water partition coefficient (Wildman–Crippen LogP) is 1.03. The van der Waals surface area contributed by atoms with E-state index in [1.807, 2.05) is 6.92 Å². The van der Waals surface area contributed by atoms with Crippen LogP contribution in [0.1, 0.15) is 29.4 Å². The van der Waals surface area contributed by atoms with Gasteiger partial charge in [0.05, 0.1) is 11.3 Å². The summed E-state index contributed by atoms with van der Waals surface area (Å²) < 4.78 is 0. The van der Waals surface area contributed by atoms with E-state index in [9.17, 15) is 9.59 Å². The molecule has 1 aromatic heterocycles. The fourth-order valence-electron chi connectivity index (χ4n) is 1.48. The SMILES string of the molecule is CCNC(=O)CCNc1ccc(C(=O)O)c(C)n1. The van der Waals surface area contributed by atoms with Crippen LogP contribution in [0.2, 0.25) is 0 Å². The number of pyridine rings is 1. The van der Waals surface area contributed by atoms with Gasteiger partial charge in [-0.25, -0.2) is 9.78 Å². The molecule has 6 heteroatoms. The number of aromatic carboxylic acids is 1. The molecule has 1 aromatic rings. The van der Waals surface area contributed by atoms with E-state index in [1.165, 1.54) is 6.07 Å². The second-order valence-electron chi connectivity index (χ2n) is 3.76. The topological polar surface area (TPSA) is 91.3 Å². The summed E-state index contributed by atoms with van der Waals surface area (Å²) in [5, 5.41) is 14.5. The molecule has 6 nitrogen and oxygen atoms in total. The van der Waals surface area contributed by atoms with Crippen LogP contribution < -0.4 is 10.6 Å². The van der Waals surface area contributed by atoms with Crippen LogP contribution in [0.15, 0.2) is 12.1 Å². The number of hydrogen-bond donors (Lipinski definition) is 3. The van der Waals surface area contributed by atoms with Gasteiger partial charge in [0, 0.05) is 19.5 Å². The molecule has 98 valence electrons. The number of nitrogens with zero attached hydrogens (tertiary/aromatic N) is 1. The van der Waals surface area contributed by atoms with Gasteiger partial charge in [-0.05, 0) is 26.0 Å². The normalized spacial score (nSPS) is 9.89. The molecule has 0 spiro atoms. The molecule has 0 radical (unpaired) electrons. The number of nitrogens with one attached hydrogen (secondary N) is 2. The predicted molar refractivity (Wildman–Crippen MR) is 67.7 cm³/mol. The first kappa shape index (κ1) is 14.0. The Bertz CT molecular complexity index is 446. The van der Waals surface area contributed by atoms with E-state index < -0.39 is 5.97 Å². The Kier molecular flexibility index (Phi) is 5.10. The van der Waals surface area contributed by atoms with Gasteiger partial charge in [-0.2, -0.15) is 0 Å². The van der Waals surface area contributed by atoms with Gasteiger partial charge >= 0.3 is 5.97 Å². The summed E-state index contributed by atoms with van der Waals surface area (Å²) in [7, 11) is 0. The minimum absolute atomic E-state index is 0.0242. The highest BCUT2D eigenvalue weighted by molar-refractivity contribution is 5.89. The summed E-state index contributed by atoms with van der Waals surface area (Å²) >= 11 is 0. The molecule has 0 aliphatic carbocycles. The molecular formula is C12H17N3O3. The fraction of sp³-hybridized carbons (Fsp3) is 0.417. The van der Waals surface area contributed by atoms with Gasteiger partial charge < -0.3 is 15.7 Å². The number of carbonyl (C=O) groups excluding carboxylic acids is 1. The monoisotopic (exact) mass is 251 g/mol. The van der Waals surface area contributed by atoms with Crippen LogP contribution in [-0.4, -0.2) is 35.1 Å². The molecule has 1 rings (SSSR count). The molecule has 0 fully saturated rings. The van der Waals surface area contributed by atoms with Crippen molar-refractivity contribution >= 4 is 17.7 Å². The minimum atomic E-state index is -0.992. The van der Waals surface area contributed by atoms with Crippen molar-refractivity contribution in [3.05, 3.63) is 23.4 Å². The number of anilines is 1. The third-order valence-corrected chi connectivity index (χ3v) is 2.35. The first-order valence-electron chi connectivity index (χ1n) is 5.76. The van der Waals surface area contributed by atoms with Crippen molar-refractivity contribution < 1.29 is 14.7 Å². The first-order valence-corrected chi connectivity index (χ1v) is 5.76. The number of amides is 1. The van der Waals surface area contributed by atoms with Crippen molar-refractivity contribution in [2.24, 2.45) is 0 Å². The van der Waals surface area contributed by atoms with Crippen LogP contribution in [0, 0.1) is 6.92 Å². The van der Waals surface area contributed by atoms with Crippen LogP contribution in [0.5, 0.6) is 0 Å². The maximum Gasteiger partial charge on any atom is 0.337 e. The van der Waals surface area contributed by atoms with E-state index in [1.54, 1.807) is 13.0 Å². The highest BCUT2D eigenvalue weighted by atomic mass is 16.4. The van der Waals surface area contributed by atoms with Gasteiger partial charge in [0.15, 0.2) is 0 Å². The maximum absolute atomic E-state index is 11.2. The standard InChI is InChI=1S/C12H17N3O3/c1-3-13-11(16)6-7-14-10-5-4-9(12(17)18)8(2)15-10/h4-5H,3,6-7H2,1-2H3,(H,13,16)(H,14,15)(H,17,18). The van der Waals surface area contributed by atoms with Crippen molar-refractivity contribution in [2.75, 3.05) is 18.4 Å². The lowest BCUT2D eigenvalue weighted by molar-refractivity contribution is -0.120. The van der Waals surface area contributed by atoms with E-state index in [4.69, 9.17) is 5.11 Å². The smallest absolute Gasteiger partial charge is 0.337 e. The highest BCUT2D eigenvalue weighted by Gasteiger charge is 2.08. The number of aryl methyl sites for hydroxylation is 1. The fourth-order valence-corrected chi connectivity index (χ4v) is 1.48. The van der Waals surface area contributed by atoms with Crippen molar-refractivity contribution in [3.63, 3.8) is 0 Å². The Balaban J connectivity index is 2.51. The molecule has 1 amide bonds. The average Bonchev–Trinajstić information content (AvgIpc) is 2.29. The van der Waals surface area contributed by atoms with E-state index in [0.717, 1.165) is 0 Å². The van der Waals surface area contributed by atoms with Crippen LogP contribution in [0.3, 0.4) is 0 Å². The van der Waals surface area contributed by atoms with Gasteiger partial charge in [-0.3, -0.25) is 4.79 Å². The van der Waals surface area contributed by atoms with Gasteiger partial charge in [0.25, 0.3) is 0 Å². The minimum Gasteiger partial charge on any atom is -0.478 e. The number of aromatic nitrogens is 1. The molecule has 1 heterocycles. The number of carboxylic acids is 1. The van der Waals surface area contributed by atoms with E-state index in [0.29, 0.717) is 31.0 Å². The molecule has 0 aromatic carbocycles. The van der Waals surface area contributed by atoms with E-state index in [-0.39, 0.29) is 11.5 Å². The van der Waals surface area contributed by atoms with Crippen LogP contribution >= 0.6 is 0 Å². The number of carbonyl (C=O) groups is 2. The molecule has 0 aliphatic heterocycles. The van der Waals surface area contributed by atoms with Crippen LogP contribution in [0.25, 0.3) is 0 Å². The third kappa shape index (κ3) is 4.04. The quantitative estimate of drug-likeness (QED) is 0.702. The third-order valence-electron chi connectivity index (χ3n) is 2.35. The Hall–Kier alpha value is -2.11. The lowest BCUT2D eigenvalue weighted by Gasteiger charge is -2.07. The summed E-state index contributed by atoms with van der Waals surface area (Å²) in [5.41, 5.74) is 0.634. The lowest BCUT2D eigenvalue weighted by Crippen LogP contribution is -2.24. The Labute approximate surface area is 105 Å². The zero-order valence-corrected chi connectivity index (χ0v) is 10.5. The number of hydrogen-bond acceptors (Lipinski definition) is 4. The summed E-state index contributed by atoms with van der Waals surface area (Å²) in [4.78, 5) is 26.1. The molecule has 3 N–H and O–H groups in total. The zero-order chi connectivity index (χ0) is 13.5. The van der Waals surface area contributed by atoms with Crippen molar-refractivity contribution in [1.82, 2.24) is 10.3 Å². The summed E-state index contributed by atoms with van der Waals surface area (Å²) in [6, 6.07) is 3.09. The highest BCUT2D eigenvalue weighted by Crippen LogP contribution is 2.10. The zero-order valence-electron chi connectivity index (χ0n) is 10.5.